The average Bonchev–Trinajstić information content (AvgIpc) is 3.85. The Hall–Kier alpha value is -3.41. The zero-order valence-electron chi connectivity index (χ0n) is 33.9. The predicted molar refractivity (Wildman–Crippen MR) is 220 cm³/mol. The summed E-state index contributed by atoms with van der Waals surface area (Å²) in [5.41, 5.74) is 0.424. The Balaban J connectivity index is 0.000000955. The molecule has 0 spiro atoms. The van der Waals surface area contributed by atoms with E-state index in [2.05, 4.69) is 56.2 Å². The second-order valence-electron chi connectivity index (χ2n) is 13.4. The Morgan fingerprint density at radius 2 is 1.22 bits per heavy atom. The average molecular weight is 831 g/mol. The third-order valence-electron chi connectivity index (χ3n) is 8.08. The van der Waals surface area contributed by atoms with Crippen LogP contribution in [0.5, 0.6) is 0 Å². The highest BCUT2D eigenvalue weighted by atomic mass is 32.1. The van der Waals surface area contributed by atoms with Crippen LogP contribution in [0.15, 0.2) is 15.8 Å². The van der Waals surface area contributed by atoms with Gasteiger partial charge < -0.3 is 34.4 Å². The second-order valence-corrected chi connectivity index (χ2v) is 15.7. The maximum Gasteiger partial charge on any atom is 0.357 e. The molecule has 14 nitrogen and oxygen atoms in total. The van der Waals surface area contributed by atoms with Gasteiger partial charge in [-0.05, 0) is 36.3 Å². The van der Waals surface area contributed by atoms with Crippen LogP contribution < -0.4 is 5.32 Å². The quantitative estimate of drug-likeness (QED) is 0.118. The largest absolute Gasteiger partial charge is 0.464 e. The molecule has 0 fully saturated rings. The number of thiazole rings is 2. The van der Waals surface area contributed by atoms with Gasteiger partial charge in [0.1, 0.15) is 16.1 Å². The lowest BCUT2D eigenvalue weighted by Gasteiger charge is -2.34. The summed E-state index contributed by atoms with van der Waals surface area (Å²) in [5, 5.41) is 19.9. The highest BCUT2D eigenvalue weighted by Gasteiger charge is 2.32. The highest BCUT2D eigenvalue weighted by molar-refractivity contribution is 7.80. The smallest absolute Gasteiger partial charge is 0.357 e. The number of aliphatic hydroxyl groups excluding tert-OH is 1. The van der Waals surface area contributed by atoms with Crippen LogP contribution in [0.2, 0.25) is 0 Å². The summed E-state index contributed by atoms with van der Waals surface area (Å²) in [6, 6.07) is -0.180. The van der Waals surface area contributed by atoms with E-state index in [9.17, 15) is 24.3 Å². The Morgan fingerprint density at radius 3 is 1.57 bits per heavy atom. The van der Waals surface area contributed by atoms with Crippen LogP contribution in [0, 0.1) is 23.7 Å². The molecule has 0 bridgehead atoms. The molecular weight excluding hydrogens is 773 g/mol. The van der Waals surface area contributed by atoms with Crippen LogP contribution in [0.4, 0.5) is 0 Å². The van der Waals surface area contributed by atoms with Gasteiger partial charge >= 0.3 is 11.9 Å². The van der Waals surface area contributed by atoms with Crippen LogP contribution in [-0.2, 0) is 23.8 Å². The summed E-state index contributed by atoms with van der Waals surface area (Å²) in [4.78, 5) is 63.1. The number of nitrogens with one attached hydrogen (secondary N) is 1. The first-order chi connectivity index (χ1) is 25.2. The zero-order valence-corrected chi connectivity index (χ0v) is 37.1. The van der Waals surface area contributed by atoms with Crippen molar-refractivity contribution in [3.8, 4) is 0 Å². The van der Waals surface area contributed by atoms with Crippen molar-refractivity contribution in [3.05, 3.63) is 32.2 Å². The first-order valence-corrected chi connectivity index (χ1v) is 19.9. The second kappa shape index (κ2) is 25.6. The van der Waals surface area contributed by atoms with E-state index in [0.717, 1.165) is 0 Å². The molecule has 18 heteroatoms. The van der Waals surface area contributed by atoms with E-state index >= 15 is 0 Å². The minimum absolute atomic E-state index is 0.0466. The van der Waals surface area contributed by atoms with Crippen molar-refractivity contribution in [1.29, 1.82) is 0 Å². The van der Waals surface area contributed by atoms with Crippen LogP contribution in [0.3, 0.4) is 0 Å². The van der Waals surface area contributed by atoms with E-state index in [0.29, 0.717) is 22.9 Å². The molecule has 4 atom stereocenters. The Morgan fingerprint density at radius 1 is 0.833 bits per heavy atom. The van der Waals surface area contributed by atoms with Gasteiger partial charge in [-0.25, -0.2) is 24.5 Å². The van der Waals surface area contributed by atoms with Gasteiger partial charge in [0, 0.05) is 75.7 Å². The Labute approximate surface area is 339 Å². The number of amides is 2. The molecule has 54 heavy (non-hydrogen) atoms. The normalized spacial score (nSPS) is 12.9. The van der Waals surface area contributed by atoms with Crippen molar-refractivity contribution in [2.75, 3.05) is 42.4 Å². The molecule has 0 aromatic carbocycles. The van der Waals surface area contributed by atoms with E-state index in [4.69, 9.17) is 21.7 Å². The van der Waals surface area contributed by atoms with Crippen molar-refractivity contribution >= 4 is 81.2 Å². The van der Waals surface area contributed by atoms with E-state index in [1.54, 1.807) is 41.7 Å². The number of aliphatic imine (C=N–C) groups is 1. The number of hydrogen-bond donors (Lipinski definition) is 2. The number of aromatic nitrogens is 2. The van der Waals surface area contributed by atoms with Gasteiger partial charge in [-0.3, -0.25) is 9.59 Å². The number of aliphatic hydroxyl groups is 1. The number of nitrogens with zero attached hydrogens (tertiary/aromatic N) is 5. The topological polar surface area (TPSA) is 173 Å². The van der Waals surface area contributed by atoms with Gasteiger partial charge in [0.05, 0.1) is 19.4 Å². The maximum absolute atomic E-state index is 12.5. The first kappa shape index (κ1) is 50.6. The fraction of sp³-hybridized carbons (Fsp3) is 0.667. The maximum atomic E-state index is 12.5. The lowest BCUT2D eigenvalue weighted by molar-refractivity contribution is -0.137. The first-order valence-electron chi connectivity index (χ1n) is 17.4. The highest BCUT2D eigenvalue weighted by Crippen LogP contribution is 2.31. The molecule has 0 saturated heterocycles. The molecule has 0 aliphatic carbocycles. The molecule has 0 aliphatic heterocycles. The van der Waals surface area contributed by atoms with Crippen molar-refractivity contribution in [2.45, 2.75) is 92.5 Å². The van der Waals surface area contributed by atoms with Crippen LogP contribution in [0.1, 0.15) is 111 Å². The van der Waals surface area contributed by atoms with Crippen molar-refractivity contribution < 1.29 is 38.5 Å². The van der Waals surface area contributed by atoms with Gasteiger partial charge in [-0.2, -0.15) is 0 Å². The Kier molecular flexibility index (Phi) is 24.0. The monoisotopic (exact) mass is 830 g/mol. The van der Waals surface area contributed by atoms with Crippen LogP contribution in [-0.4, -0.2) is 113 Å². The number of esters is 2. The molecule has 0 aliphatic rings. The minimum atomic E-state index is -0.826. The SMILES string of the molecule is CN=C=S.CNC(=S)O[C@H](C[C@H](C(C)C)N(C)C(=O)C(C)C)c1nc(C(=O)OC)cs1.COC(=O)c1csc([C@H](O)C[C@H](C(C)C)N(C)C(=O)C(C)C)n1. The third kappa shape index (κ3) is 16.5. The van der Waals surface area contributed by atoms with E-state index in [1.165, 1.54) is 36.9 Å². The van der Waals surface area contributed by atoms with Crippen molar-refractivity contribution in [2.24, 2.45) is 28.7 Å². The molecule has 0 radical (unpaired) electrons. The van der Waals surface area contributed by atoms with Crippen LogP contribution >= 0.6 is 47.1 Å². The Bertz CT molecular complexity index is 1540. The van der Waals surface area contributed by atoms with Gasteiger partial charge in [0.15, 0.2) is 17.5 Å². The molecule has 2 heterocycles. The van der Waals surface area contributed by atoms with Crippen molar-refractivity contribution in [3.63, 3.8) is 0 Å². The molecule has 0 unspecified atom stereocenters. The van der Waals surface area contributed by atoms with E-state index in [1.807, 2.05) is 48.6 Å². The molecule has 2 aromatic rings. The lowest BCUT2D eigenvalue weighted by Crippen LogP contribution is -2.43. The van der Waals surface area contributed by atoms with Gasteiger partial charge in [-0.15, -0.1) is 22.7 Å². The molecule has 0 saturated carbocycles. The summed E-state index contributed by atoms with van der Waals surface area (Å²) in [7, 11) is 9.44. The number of methoxy groups -OCH3 is 2. The predicted octanol–water partition coefficient (Wildman–Crippen LogP) is 6.23. The fourth-order valence-corrected chi connectivity index (χ4v) is 6.84. The molecule has 2 rings (SSSR count). The molecule has 2 aromatic heterocycles. The molecular formula is C36H58N6O8S4. The van der Waals surface area contributed by atoms with Crippen LogP contribution in [0.25, 0.3) is 0 Å². The third-order valence-corrected chi connectivity index (χ3v) is 10.4. The van der Waals surface area contributed by atoms with E-state index in [-0.39, 0.29) is 64.1 Å². The van der Waals surface area contributed by atoms with E-state index < -0.39 is 24.1 Å². The number of thiocarbonyl (C=S) groups is 2. The minimum Gasteiger partial charge on any atom is -0.464 e. The van der Waals surface area contributed by atoms with Gasteiger partial charge in [0.25, 0.3) is 5.17 Å². The summed E-state index contributed by atoms with van der Waals surface area (Å²) in [5.74, 6) is -0.705. The number of rotatable bonds is 15. The standard InChI is InChI=1S/C18H29N3O4S2.C16H26N2O4S.C2H3NS/c1-10(2)13(21(6)16(22)11(3)4)8-14(25-18(26)19-5)15-20-12(9-27-15)17(23)24-7;1-9(2)12(18(5)15(20)10(3)4)7-13(19)14-17-11(8-23-14)16(21)22-6;1-3-2-4/h9-11,13-14H,8H2,1-7H3,(H,19,26);8-10,12-13,19H,7H2,1-6H3;1H3/t13-,14-;12-,13-;/m11./s1. The number of hydrogen-bond acceptors (Lipinski definition) is 15. The summed E-state index contributed by atoms with van der Waals surface area (Å²) in [6.45, 7) is 15.6. The van der Waals surface area contributed by atoms with Crippen molar-refractivity contribution in [1.82, 2.24) is 25.1 Å². The summed E-state index contributed by atoms with van der Waals surface area (Å²) >= 11 is 11.8. The lowest BCUT2D eigenvalue weighted by atomic mass is 9.95. The fourth-order valence-electron chi connectivity index (χ4n) is 5.11. The number of carbonyl (C=O) groups excluding carboxylic acids is 4. The number of ether oxygens (including phenoxy) is 3. The number of carbonyl (C=O) groups is 4. The summed E-state index contributed by atoms with van der Waals surface area (Å²) < 4.78 is 15.2. The number of isothiocyanates is 1. The molecule has 304 valence electrons. The zero-order chi connectivity index (χ0) is 41.9. The molecule has 2 N–H and O–H groups in total. The van der Waals surface area contributed by atoms with Gasteiger partial charge in [0.2, 0.25) is 11.8 Å². The van der Waals surface area contributed by atoms with Gasteiger partial charge in [-0.1, -0.05) is 55.4 Å². The molecule has 2 amide bonds. The summed E-state index contributed by atoms with van der Waals surface area (Å²) in [6.07, 6.45) is -0.431.